The molecule has 1 unspecified atom stereocenters. The molecule has 134 valence electrons. The molecule has 6 nitrogen and oxygen atoms in total. The third kappa shape index (κ3) is 6.35. The summed E-state index contributed by atoms with van der Waals surface area (Å²) in [6.45, 7) is 2.17. The van der Waals surface area contributed by atoms with Gasteiger partial charge in [0.05, 0.1) is 11.3 Å². The Hall–Kier alpha value is -1.22. The minimum absolute atomic E-state index is 0.0132. The van der Waals surface area contributed by atoms with Crippen molar-refractivity contribution >= 4 is 33.2 Å². The summed E-state index contributed by atoms with van der Waals surface area (Å²) in [7, 11) is -3.19. The van der Waals surface area contributed by atoms with Crippen LogP contribution in [0.3, 0.4) is 0 Å². The molecule has 1 aliphatic heterocycles. The first-order chi connectivity index (χ1) is 11.2. The van der Waals surface area contributed by atoms with E-state index in [4.69, 9.17) is 11.6 Å². The number of sulfonamides is 1. The van der Waals surface area contributed by atoms with Crippen LogP contribution < -0.4 is 10.0 Å². The molecule has 1 heterocycles. The number of benzene rings is 1. The van der Waals surface area contributed by atoms with Crippen LogP contribution in [0.4, 0.5) is 10.1 Å². The topological polar surface area (TPSA) is 78.5 Å². The van der Waals surface area contributed by atoms with Crippen molar-refractivity contribution in [1.29, 1.82) is 0 Å². The summed E-state index contributed by atoms with van der Waals surface area (Å²) >= 11 is 5.59. The molecule has 1 atom stereocenters. The molecule has 0 bridgehead atoms. The van der Waals surface area contributed by atoms with Crippen LogP contribution in [-0.4, -0.2) is 51.2 Å². The van der Waals surface area contributed by atoms with E-state index >= 15 is 0 Å². The second-order valence-corrected chi connectivity index (χ2v) is 8.14. The molecule has 2 N–H and O–H groups in total. The number of nitrogens with zero attached hydrogens (tertiary/aromatic N) is 1. The monoisotopic (exact) mass is 377 g/mol. The van der Waals surface area contributed by atoms with Gasteiger partial charge in [-0.3, -0.25) is 4.79 Å². The van der Waals surface area contributed by atoms with Crippen molar-refractivity contribution in [2.45, 2.75) is 25.3 Å². The third-order valence-corrected chi connectivity index (χ3v) is 4.80. The van der Waals surface area contributed by atoms with E-state index < -0.39 is 15.8 Å². The molecule has 1 aromatic carbocycles. The van der Waals surface area contributed by atoms with Crippen LogP contribution in [0, 0.1) is 5.82 Å². The molecule has 1 saturated heterocycles. The zero-order valence-corrected chi connectivity index (χ0v) is 15.0. The number of halogens is 2. The number of carbonyl (C=O) groups excluding carboxylic acids is 1. The van der Waals surface area contributed by atoms with Crippen molar-refractivity contribution < 1.29 is 17.6 Å². The Kier molecular flexibility index (Phi) is 6.56. The Morgan fingerprint density at radius 1 is 1.46 bits per heavy atom. The van der Waals surface area contributed by atoms with Crippen LogP contribution in [0.15, 0.2) is 18.2 Å². The Morgan fingerprint density at radius 2 is 2.21 bits per heavy atom. The lowest BCUT2D eigenvalue weighted by molar-refractivity contribution is -0.116. The molecule has 2 rings (SSSR count). The molecule has 0 radical (unpaired) electrons. The van der Waals surface area contributed by atoms with Gasteiger partial charge in [-0.05, 0) is 44.1 Å². The molecule has 1 fully saturated rings. The van der Waals surface area contributed by atoms with Crippen molar-refractivity contribution in [3.63, 3.8) is 0 Å². The maximum atomic E-state index is 13.3. The molecule has 1 amide bonds. The average Bonchev–Trinajstić information content (AvgIpc) is 2.88. The lowest BCUT2D eigenvalue weighted by atomic mass is 10.2. The van der Waals surface area contributed by atoms with Gasteiger partial charge in [-0.15, -0.1) is 0 Å². The first-order valence-corrected chi connectivity index (χ1v) is 9.94. The highest BCUT2D eigenvalue weighted by atomic mass is 35.5. The van der Waals surface area contributed by atoms with E-state index in [1.165, 1.54) is 12.1 Å². The molecule has 0 aromatic heterocycles. The van der Waals surface area contributed by atoms with Crippen LogP contribution in [0.2, 0.25) is 5.02 Å². The molecule has 1 aliphatic rings. The third-order valence-electron chi connectivity index (χ3n) is 3.73. The van der Waals surface area contributed by atoms with E-state index in [1.807, 2.05) is 0 Å². The van der Waals surface area contributed by atoms with Gasteiger partial charge in [0.2, 0.25) is 15.9 Å². The zero-order valence-electron chi connectivity index (χ0n) is 13.4. The van der Waals surface area contributed by atoms with E-state index in [2.05, 4.69) is 14.9 Å². The van der Waals surface area contributed by atoms with Crippen molar-refractivity contribution in [2.24, 2.45) is 0 Å². The highest BCUT2D eigenvalue weighted by Gasteiger charge is 2.24. The van der Waals surface area contributed by atoms with Crippen LogP contribution in [0.5, 0.6) is 0 Å². The van der Waals surface area contributed by atoms with Crippen LogP contribution in [0.1, 0.15) is 19.3 Å². The van der Waals surface area contributed by atoms with Crippen molar-refractivity contribution in [3.8, 4) is 0 Å². The number of nitrogens with one attached hydrogen (secondary N) is 2. The molecule has 0 spiro atoms. The molecular weight excluding hydrogens is 357 g/mol. The van der Waals surface area contributed by atoms with E-state index in [9.17, 15) is 17.6 Å². The lowest BCUT2D eigenvalue weighted by Crippen LogP contribution is -2.36. The number of amides is 1. The van der Waals surface area contributed by atoms with Crippen molar-refractivity contribution in [1.82, 2.24) is 9.62 Å². The first-order valence-electron chi connectivity index (χ1n) is 7.67. The van der Waals surface area contributed by atoms with Gasteiger partial charge in [-0.25, -0.2) is 17.5 Å². The predicted octanol–water partition coefficient (Wildman–Crippen LogP) is 1.82. The highest BCUT2D eigenvalue weighted by Crippen LogP contribution is 2.19. The Morgan fingerprint density at radius 3 is 2.88 bits per heavy atom. The maximum absolute atomic E-state index is 13.3. The van der Waals surface area contributed by atoms with Crippen molar-refractivity contribution in [2.75, 3.05) is 31.2 Å². The fraction of sp³-hybridized carbons (Fsp3) is 0.533. The summed E-state index contributed by atoms with van der Waals surface area (Å²) in [6, 6.07) is 4.06. The molecule has 0 saturated carbocycles. The lowest BCUT2D eigenvalue weighted by Gasteiger charge is -2.16. The molecule has 1 aromatic rings. The summed E-state index contributed by atoms with van der Waals surface area (Å²) in [5, 5.41) is 2.64. The first kappa shape index (κ1) is 19.1. The second-order valence-electron chi connectivity index (χ2n) is 5.96. The van der Waals surface area contributed by atoms with E-state index in [0.717, 1.165) is 19.2 Å². The number of rotatable bonds is 7. The van der Waals surface area contributed by atoms with Crippen LogP contribution in [0.25, 0.3) is 0 Å². The molecule has 24 heavy (non-hydrogen) atoms. The van der Waals surface area contributed by atoms with Gasteiger partial charge in [0, 0.05) is 24.7 Å². The molecule has 0 aliphatic carbocycles. The number of anilines is 1. The highest BCUT2D eigenvalue weighted by molar-refractivity contribution is 7.88. The van der Waals surface area contributed by atoms with E-state index in [1.54, 1.807) is 6.07 Å². The largest absolute Gasteiger partial charge is 0.326 e. The quantitative estimate of drug-likeness (QED) is 0.759. The number of carbonyl (C=O) groups is 1. The number of hydrogen-bond acceptors (Lipinski definition) is 4. The van der Waals surface area contributed by atoms with E-state index in [-0.39, 0.29) is 17.0 Å². The van der Waals surface area contributed by atoms with E-state index in [0.29, 0.717) is 31.6 Å². The van der Waals surface area contributed by atoms with Gasteiger partial charge in [-0.2, -0.15) is 0 Å². The van der Waals surface area contributed by atoms with Gasteiger partial charge in [0.1, 0.15) is 5.82 Å². The molecule has 9 heteroatoms. The second kappa shape index (κ2) is 8.24. The standard InChI is InChI=1S/C15H21ClFN3O3S/c1-24(22,23)19-12-6-8-20(10-12)7-2-3-15(21)18-11-4-5-13(16)14(17)9-11/h4-5,9,12,19H,2-3,6-8,10H2,1H3,(H,18,21). The summed E-state index contributed by atoms with van der Waals surface area (Å²) < 4.78 is 38.3. The fourth-order valence-corrected chi connectivity index (χ4v) is 3.61. The van der Waals surface area contributed by atoms with Gasteiger partial charge >= 0.3 is 0 Å². The summed E-state index contributed by atoms with van der Waals surface area (Å²) in [6.07, 6.45) is 2.88. The average molecular weight is 378 g/mol. The summed E-state index contributed by atoms with van der Waals surface area (Å²) in [4.78, 5) is 14.0. The van der Waals surface area contributed by atoms with Crippen LogP contribution in [-0.2, 0) is 14.8 Å². The van der Waals surface area contributed by atoms with Crippen LogP contribution >= 0.6 is 11.6 Å². The molecular formula is C15H21ClFN3O3S. The Bertz CT molecular complexity index is 699. The normalized spacial score (nSPS) is 18.7. The fourth-order valence-electron chi connectivity index (χ4n) is 2.70. The minimum atomic E-state index is -3.19. The van der Waals surface area contributed by atoms with Gasteiger partial charge in [0.25, 0.3) is 0 Å². The van der Waals surface area contributed by atoms with Gasteiger partial charge in [0.15, 0.2) is 0 Å². The smallest absolute Gasteiger partial charge is 0.224 e. The Labute approximate surface area is 146 Å². The van der Waals surface area contributed by atoms with Crippen molar-refractivity contribution in [3.05, 3.63) is 29.0 Å². The number of hydrogen-bond donors (Lipinski definition) is 2. The van der Waals surface area contributed by atoms with Gasteiger partial charge in [-0.1, -0.05) is 11.6 Å². The number of likely N-dealkylation sites (tertiary alicyclic amines) is 1. The SMILES string of the molecule is CS(=O)(=O)NC1CCN(CCCC(=O)Nc2ccc(Cl)c(F)c2)C1. The minimum Gasteiger partial charge on any atom is -0.326 e. The zero-order chi connectivity index (χ0) is 17.7. The summed E-state index contributed by atoms with van der Waals surface area (Å²) in [5.74, 6) is -0.766. The Balaban J connectivity index is 1.69. The predicted molar refractivity (Wildman–Crippen MR) is 92.1 cm³/mol. The van der Waals surface area contributed by atoms with Gasteiger partial charge < -0.3 is 10.2 Å². The maximum Gasteiger partial charge on any atom is 0.224 e. The summed E-state index contributed by atoms with van der Waals surface area (Å²) in [5.41, 5.74) is 0.375.